The second-order valence-corrected chi connectivity index (χ2v) is 6.63. The highest BCUT2D eigenvalue weighted by Crippen LogP contribution is 2.29. The summed E-state index contributed by atoms with van der Waals surface area (Å²) in [5.41, 5.74) is 5.20. The Labute approximate surface area is 132 Å². The van der Waals surface area contributed by atoms with Crippen molar-refractivity contribution < 1.29 is 18.0 Å². The molecule has 0 aliphatic carbocycles. The third-order valence-electron chi connectivity index (χ3n) is 3.51. The molecule has 2 aromatic carbocycles. The molecule has 3 aromatic rings. The Morgan fingerprint density at radius 1 is 1.00 bits per heavy atom. The summed E-state index contributed by atoms with van der Waals surface area (Å²) >= 11 is 0. The maximum atomic E-state index is 12.9. The molecule has 0 radical (unpaired) electrons. The number of amides is 1. The molecule has 3 rings (SSSR count). The molecule has 0 aliphatic rings. The molecule has 0 atom stereocenters. The van der Waals surface area contributed by atoms with Gasteiger partial charge in [-0.2, -0.15) is 0 Å². The van der Waals surface area contributed by atoms with Crippen molar-refractivity contribution in [3.8, 4) is 0 Å². The number of hydrogen-bond acceptors (Lipinski definition) is 4. The third-order valence-corrected chi connectivity index (χ3v) is 5.25. The highest BCUT2D eigenvalue weighted by molar-refractivity contribution is 7.90. The van der Waals surface area contributed by atoms with E-state index in [0.717, 1.165) is 3.97 Å². The fraction of sp³-hybridized carbons (Fsp3) is 0. The van der Waals surface area contributed by atoms with E-state index in [9.17, 15) is 18.0 Å². The summed E-state index contributed by atoms with van der Waals surface area (Å²) < 4.78 is 26.7. The Kier molecular flexibility index (Phi) is 3.49. The van der Waals surface area contributed by atoms with Crippen molar-refractivity contribution in [2.24, 2.45) is 5.73 Å². The number of carbonyl (C=O) groups is 2. The van der Waals surface area contributed by atoms with Crippen LogP contribution in [0.2, 0.25) is 0 Å². The molecule has 0 spiro atoms. The molecule has 116 valence electrons. The van der Waals surface area contributed by atoms with Gasteiger partial charge in [-0.25, -0.2) is 12.4 Å². The van der Waals surface area contributed by atoms with E-state index in [2.05, 4.69) is 0 Å². The molecule has 0 unspecified atom stereocenters. The average molecular weight is 328 g/mol. The van der Waals surface area contributed by atoms with Crippen molar-refractivity contribution in [2.75, 3.05) is 0 Å². The van der Waals surface area contributed by atoms with Gasteiger partial charge in [-0.15, -0.1) is 0 Å². The van der Waals surface area contributed by atoms with E-state index in [1.54, 1.807) is 36.4 Å². The molecule has 1 aromatic heterocycles. The number of hydrogen-bond donors (Lipinski definition) is 1. The predicted octanol–water partition coefficient (Wildman–Crippen LogP) is 1.79. The first-order valence-corrected chi connectivity index (χ1v) is 8.11. The molecule has 1 heterocycles. The number of benzene rings is 2. The molecular formula is C16H12N2O4S. The van der Waals surface area contributed by atoms with Gasteiger partial charge in [0, 0.05) is 5.39 Å². The van der Waals surface area contributed by atoms with E-state index in [1.165, 1.54) is 18.2 Å². The van der Waals surface area contributed by atoms with Crippen LogP contribution in [0.3, 0.4) is 0 Å². The molecule has 0 saturated heterocycles. The Bertz CT molecular complexity index is 1020. The van der Waals surface area contributed by atoms with Crippen molar-refractivity contribution in [3.63, 3.8) is 0 Å². The summed E-state index contributed by atoms with van der Waals surface area (Å²) in [6, 6.07) is 14.0. The molecule has 6 nitrogen and oxygen atoms in total. The molecular weight excluding hydrogens is 316 g/mol. The standard InChI is InChI=1S/C16H12N2O4S/c17-16(20)15-12-8-4-5-9-13(12)18(14(15)10-19)23(21,22)11-6-2-1-3-7-11/h1-10H,(H2,17,20). The first kappa shape index (κ1) is 15.0. The van der Waals surface area contributed by atoms with Crippen LogP contribution in [0.5, 0.6) is 0 Å². The zero-order valence-corrected chi connectivity index (χ0v) is 12.7. The summed E-state index contributed by atoms with van der Waals surface area (Å²) in [4.78, 5) is 23.2. The van der Waals surface area contributed by atoms with Crippen molar-refractivity contribution >= 4 is 33.1 Å². The van der Waals surface area contributed by atoms with Gasteiger partial charge in [0.1, 0.15) is 5.69 Å². The Morgan fingerprint density at radius 2 is 1.61 bits per heavy atom. The lowest BCUT2D eigenvalue weighted by Crippen LogP contribution is -2.18. The van der Waals surface area contributed by atoms with Gasteiger partial charge in [-0.05, 0) is 18.2 Å². The van der Waals surface area contributed by atoms with Crippen LogP contribution >= 0.6 is 0 Å². The van der Waals surface area contributed by atoms with Crippen LogP contribution in [0.4, 0.5) is 0 Å². The molecule has 2 N–H and O–H groups in total. The SMILES string of the molecule is NC(=O)c1c(C=O)n(S(=O)(=O)c2ccccc2)c2ccccc12. The van der Waals surface area contributed by atoms with E-state index in [0.29, 0.717) is 11.7 Å². The number of fused-ring (bicyclic) bond motifs is 1. The van der Waals surface area contributed by atoms with E-state index >= 15 is 0 Å². The highest BCUT2D eigenvalue weighted by atomic mass is 32.2. The normalized spacial score (nSPS) is 11.5. The fourth-order valence-corrected chi connectivity index (χ4v) is 4.08. The quantitative estimate of drug-likeness (QED) is 0.738. The zero-order chi connectivity index (χ0) is 16.6. The number of rotatable bonds is 4. The first-order chi connectivity index (χ1) is 11.0. The second-order valence-electron chi connectivity index (χ2n) is 4.84. The average Bonchev–Trinajstić information content (AvgIpc) is 2.90. The van der Waals surface area contributed by atoms with Crippen LogP contribution in [0.15, 0.2) is 59.5 Å². The lowest BCUT2D eigenvalue weighted by atomic mass is 10.1. The number of nitrogens with two attached hydrogens (primary N) is 1. The minimum Gasteiger partial charge on any atom is -0.366 e. The monoisotopic (exact) mass is 328 g/mol. The number of aromatic nitrogens is 1. The summed E-state index contributed by atoms with van der Waals surface area (Å²) in [6.45, 7) is 0. The lowest BCUT2D eigenvalue weighted by molar-refractivity contribution is 0.0994. The van der Waals surface area contributed by atoms with Crippen molar-refractivity contribution in [3.05, 3.63) is 65.9 Å². The van der Waals surface area contributed by atoms with Gasteiger partial charge in [-0.1, -0.05) is 36.4 Å². The Balaban J connectivity index is 2.48. The molecule has 1 amide bonds. The molecule has 0 saturated carbocycles. The Hall–Kier alpha value is -2.93. The van der Waals surface area contributed by atoms with Crippen LogP contribution in [0.1, 0.15) is 20.8 Å². The Morgan fingerprint density at radius 3 is 2.22 bits per heavy atom. The minimum atomic E-state index is -4.04. The summed E-state index contributed by atoms with van der Waals surface area (Å²) in [6.07, 6.45) is 0.334. The van der Waals surface area contributed by atoms with Gasteiger partial charge in [0.2, 0.25) is 0 Å². The molecule has 23 heavy (non-hydrogen) atoms. The second kappa shape index (κ2) is 5.36. The molecule has 0 fully saturated rings. The maximum absolute atomic E-state index is 12.9. The van der Waals surface area contributed by atoms with Crippen molar-refractivity contribution in [1.82, 2.24) is 3.97 Å². The van der Waals surface area contributed by atoms with Gasteiger partial charge >= 0.3 is 0 Å². The molecule has 0 aliphatic heterocycles. The number of primary amides is 1. The highest BCUT2D eigenvalue weighted by Gasteiger charge is 2.28. The van der Waals surface area contributed by atoms with Crippen LogP contribution in [-0.4, -0.2) is 24.6 Å². The lowest BCUT2D eigenvalue weighted by Gasteiger charge is -2.09. The van der Waals surface area contributed by atoms with E-state index in [1.807, 2.05) is 0 Å². The largest absolute Gasteiger partial charge is 0.366 e. The number of aldehydes is 1. The van der Waals surface area contributed by atoms with Crippen LogP contribution < -0.4 is 5.73 Å². The predicted molar refractivity (Wildman–Crippen MR) is 84.9 cm³/mol. The summed E-state index contributed by atoms with van der Waals surface area (Å²) in [5.74, 6) is -0.856. The van der Waals surface area contributed by atoms with Crippen molar-refractivity contribution in [2.45, 2.75) is 4.90 Å². The summed E-state index contributed by atoms with van der Waals surface area (Å²) in [7, 11) is -4.04. The third kappa shape index (κ3) is 2.22. The van der Waals surface area contributed by atoms with Gasteiger partial charge in [0.15, 0.2) is 6.29 Å². The molecule has 0 bridgehead atoms. The number of para-hydroxylation sites is 1. The van der Waals surface area contributed by atoms with E-state index < -0.39 is 15.9 Å². The van der Waals surface area contributed by atoms with E-state index in [4.69, 9.17) is 5.73 Å². The van der Waals surface area contributed by atoms with Gasteiger partial charge < -0.3 is 5.73 Å². The van der Waals surface area contributed by atoms with E-state index in [-0.39, 0.29) is 21.7 Å². The summed E-state index contributed by atoms with van der Waals surface area (Å²) in [5, 5.41) is 0.321. The van der Waals surface area contributed by atoms with Gasteiger partial charge in [0.25, 0.3) is 15.9 Å². The maximum Gasteiger partial charge on any atom is 0.268 e. The van der Waals surface area contributed by atoms with Gasteiger partial charge in [-0.3, -0.25) is 9.59 Å². The zero-order valence-electron chi connectivity index (χ0n) is 11.8. The van der Waals surface area contributed by atoms with Crippen molar-refractivity contribution in [1.29, 1.82) is 0 Å². The minimum absolute atomic E-state index is 0.0138. The smallest absolute Gasteiger partial charge is 0.268 e. The number of nitrogens with zero attached hydrogens (tertiary/aromatic N) is 1. The topological polar surface area (TPSA) is 99.2 Å². The fourth-order valence-electron chi connectivity index (χ4n) is 2.55. The van der Waals surface area contributed by atoms with Crippen LogP contribution in [0, 0.1) is 0 Å². The first-order valence-electron chi connectivity index (χ1n) is 6.67. The molecule has 7 heteroatoms. The van der Waals surface area contributed by atoms with Crippen LogP contribution in [0.25, 0.3) is 10.9 Å². The number of carbonyl (C=O) groups excluding carboxylic acids is 2. The van der Waals surface area contributed by atoms with Gasteiger partial charge in [0.05, 0.1) is 16.0 Å². The van der Waals surface area contributed by atoms with Crippen LogP contribution in [-0.2, 0) is 10.0 Å².